The number of aryl methyl sites for hydroxylation is 1. The Kier molecular flexibility index (Phi) is 4.13. The van der Waals surface area contributed by atoms with E-state index in [-0.39, 0.29) is 17.2 Å². The number of hydrogen-bond acceptors (Lipinski definition) is 5. The Balaban J connectivity index is 1.84. The number of aromatic hydroxyl groups is 1. The van der Waals surface area contributed by atoms with Crippen molar-refractivity contribution in [1.82, 2.24) is 9.88 Å². The third kappa shape index (κ3) is 3.18. The Bertz CT molecular complexity index is 898. The van der Waals surface area contributed by atoms with Crippen molar-refractivity contribution in [2.45, 2.75) is 0 Å². The van der Waals surface area contributed by atoms with Gasteiger partial charge >= 0.3 is 5.97 Å². The topological polar surface area (TPSA) is 104 Å². The van der Waals surface area contributed by atoms with Crippen LogP contribution in [0.25, 0.3) is 6.08 Å². The van der Waals surface area contributed by atoms with Gasteiger partial charge < -0.3 is 20.1 Å². The van der Waals surface area contributed by atoms with Crippen LogP contribution in [0.15, 0.2) is 46.4 Å². The highest BCUT2D eigenvalue weighted by Crippen LogP contribution is 2.30. The number of hydrogen-bond donors (Lipinski definition) is 3. The minimum Gasteiger partial charge on any atom is -0.507 e. The van der Waals surface area contributed by atoms with Crippen LogP contribution in [0.3, 0.4) is 0 Å². The normalized spacial score (nSPS) is 17.5. The van der Waals surface area contributed by atoms with E-state index in [0.29, 0.717) is 15.8 Å². The van der Waals surface area contributed by atoms with Crippen LogP contribution in [0, 0.1) is 0 Å². The standard InChI is InChI=1S/C16H13N3O4S/c1-19-6-2-3-10(19)8-13-14(21)18-16(24-13)17-9-4-5-11(15(22)23)12(20)7-9/h2-8,20H,1H3,(H,22,23)(H,17,18,21)/b13-8-. The molecule has 0 atom stereocenters. The Morgan fingerprint density at radius 2 is 2.17 bits per heavy atom. The molecule has 1 aromatic carbocycles. The van der Waals surface area contributed by atoms with Crippen LogP contribution in [-0.2, 0) is 11.8 Å². The second-order valence-corrected chi connectivity index (χ2v) is 6.06. The average Bonchev–Trinajstić information content (AvgIpc) is 3.06. The van der Waals surface area contributed by atoms with Crippen molar-refractivity contribution in [1.29, 1.82) is 0 Å². The summed E-state index contributed by atoms with van der Waals surface area (Å²) in [6.07, 6.45) is 3.64. The van der Waals surface area contributed by atoms with Crippen LogP contribution in [0.2, 0.25) is 0 Å². The number of carbonyl (C=O) groups is 2. The molecule has 0 unspecified atom stereocenters. The predicted molar refractivity (Wildman–Crippen MR) is 91.3 cm³/mol. The molecule has 3 rings (SSSR count). The Morgan fingerprint density at radius 3 is 2.79 bits per heavy atom. The molecule has 0 saturated carbocycles. The number of rotatable bonds is 3. The van der Waals surface area contributed by atoms with Gasteiger partial charge in [-0.15, -0.1) is 0 Å². The number of benzene rings is 1. The summed E-state index contributed by atoms with van der Waals surface area (Å²) in [5, 5.41) is 21.6. The summed E-state index contributed by atoms with van der Waals surface area (Å²) >= 11 is 1.18. The lowest BCUT2D eigenvalue weighted by Crippen LogP contribution is -2.19. The lowest BCUT2D eigenvalue weighted by atomic mass is 10.2. The summed E-state index contributed by atoms with van der Waals surface area (Å²) in [5.74, 6) is -1.85. The molecule has 1 fully saturated rings. The minimum atomic E-state index is -1.22. The van der Waals surface area contributed by atoms with Crippen molar-refractivity contribution in [2.75, 3.05) is 0 Å². The maximum atomic E-state index is 12.0. The summed E-state index contributed by atoms with van der Waals surface area (Å²) in [6, 6.07) is 7.73. The number of aromatic carboxylic acids is 1. The van der Waals surface area contributed by atoms with Gasteiger partial charge in [0.2, 0.25) is 0 Å². The first-order valence-corrected chi connectivity index (χ1v) is 7.73. The number of nitrogens with zero attached hydrogens (tertiary/aromatic N) is 2. The zero-order valence-electron chi connectivity index (χ0n) is 12.6. The van der Waals surface area contributed by atoms with Gasteiger partial charge in [0.25, 0.3) is 5.91 Å². The molecule has 3 N–H and O–H groups in total. The second kappa shape index (κ2) is 6.25. The maximum absolute atomic E-state index is 12.0. The Morgan fingerprint density at radius 1 is 1.38 bits per heavy atom. The fourth-order valence-corrected chi connectivity index (χ4v) is 2.95. The van der Waals surface area contributed by atoms with Gasteiger partial charge in [0.05, 0.1) is 10.6 Å². The van der Waals surface area contributed by atoms with E-state index in [0.717, 1.165) is 5.69 Å². The largest absolute Gasteiger partial charge is 0.507 e. The van der Waals surface area contributed by atoms with Crippen LogP contribution in [0.1, 0.15) is 16.1 Å². The molecular weight excluding hydrogens is 330 g/mol. The summed E-state index contributed by atoms with van der Waals surface area (Å²) < 4.78 is 1.89. The van der Waals surface area contributed by atoms with Crippen molar-refractivity contribution in [3.05, 3.63) is 52.7 Å². The van der Waals surface area contributed by atoms with E-state index < -0.39 is 5.97 Å². The summed E-state index contributed by atoms with van der Waals surface area (Å²) in [4.78, 5) is 27.6. The average molecular weight is 343 g/mol. The summed E-state index contributed by atoms with van der Waals surface area (Å²) in [5.41, 5.74) is 1.03. The van der Waals surface area contributed by atoms with Gasteiger partial charge in [0.1, 0.15) is 11.3 Å². The SMILES string of the molecule is Cn1cccc1/C=C1\SC(=Nc2ccc(C(=O)O)c(O)c2)NC1=O. The molecule has 8 heteroatoms. The van der Waals surface area contributed by atoms with Crippen molar-refractivity contribution in [2.24, 2.45) is 12.0 Å². The fraction of sp³-hybridized carbons (Fsp3) is 0.0625. The number of amides is 1. The number of aliphatic imine (C=N–C) groups is 1. The number of carboxylic acid groups (broad SMARTS) is 1. The number of phenols is 1. The molecule has 0 bridgehead atoms. The molecule has 1 aliphatic heterocycles. The van der Waals surface area contributed by atoms with Crippen molar-refractivity contribution < 1.29 is 19.8 Å². The lowest BCUT2D eigenvalue weighted by Gasteiger charge is -2.01. The predicted octanol–water partition coefficient (Wildman–Crippen LogP) is 2.32. The first-order valence-electron chi connectivity index (χ1n) is 6.91. The van der Waals surface area contributed by atoms with Crippen molar-refractivity contribution in [3.63, 3.8) is 0 Å². The van der Waals surface area contributed by atoms with Gasteiger partial charge in [-0.3, -0.25) is 4.79 Å². The van der Waals surface area contributed by atoms with Crippen LogP contribution in [0.5, 0.6) is 5.75 Å². The molecule has 24 heavy (non-hydrogen) atoms. The van der Waals surface area contributed by atoms with Crippen LogP contribution in [-0.4, -0.2) is 31.8 Å². The highest BCUT2D eigenvalue weighted by atomic mass is 32.2. The van der Waals surface area contributed by atoms with Gasteiger partial charge in [0, 0.05) is 25.0 Å². The van der Waals surface area contributed by atoms with E-state index in [9.17, 15) is 14.7 Å². The highest BCUT2D eigenvalue weighted by Gasteiger charge is 2.24. The molecular formula is C16H13N3O4S. The second-order valence-electron chi connectivity index (χ2n) is 5.03. The highest BCUT2D eigenvalue weighted by molar-refractivity contribution is 8.18. The van der Waals surface area contributed by atoms with E-state index in [1.165, 1.54) is 30.0 Å². The molecule has 1 aromatic heterocycles. The molecule has 0 radical (unpaired) electrons. The van der Waals surface area contributed by atoms with Gasteiger partial charge in [0.15, 0.2) is 5.17 Å². The summed E-state index contributed by atoms with van der Waals surface area (Å²) in [6.45, 7) is 0. The van der Waals surface area contributed by atoms with Gasteiger partial charge in [-0.25, -0.2) is 9.79 Å². The molecule has 2 heterocycles. The van der Waals surface area contributed by atoms with E-state index in [4.69, 9.17) is 5.11 Å². The number of aromatic nitrogens is 1. The molecule has 1 aliphatic rings. The molecule has 2 aromatic rings. The number of amidine groups is 1. The lowest BCUT2D eigenvalue weighted by molar-refractivity contribution is -0.115. The number of nitrogens with one attached hydrogen (secondary N) is 1. The Labute approximate surface area is 141 Å². The first kappa shape index (κ1) is 15.9. The van der Waals surface area contributed by atoms with Crippen LogP contribution >= 0.6 is 11.8 Å². The maximum Gasteiger partial charge on any atom is 0.339 e. The molecule has 0 aliphatic carbocycles. The quantitative estimate of drug-likeness (QED) is 0.742. The third-order valence-corrected chi connectivity index (χ3v) is 4.27. The number of carbonyl (C=O) groups excluding carboxylic acids is 1. The van der Waals surface area contributed by atoms with E-state index in [2.05, 4.69) is 10.3 Å². The third-order valence-electron chi connectivity index (χ3n) is 3.36. The van der Waals surface area contributed by atoms with Crippen LogP contribution < -0.4 is 5.32 Å². The minimum absolute atomic E-state index is 0.202. The first-order chi connectivity index (χ1) is 11.4. The van der Waals surface area contributed by atoms with Gasteiger partial charge in [-0.1, -0.05) is 0 Å². The van der Waals surface area contributed by atoms with Crippen molar-refractivity contribution >= 4 is 40.6 Å². The monoisotopic (exact) mass is 343 g/mol. The van der Waals surface area contributed by atoms with E-state index in [1.807, 2.05) is 29.9 Å². The number of carboxylic acids is 1. The molecule has 7 nitrogen and oxygen atoms in total. The summed E-state index contributed by atoms with van der Waals surface area (Å²) in [7, 11) is 1.88. The Hall–Kier alpha value is -3.00. The molecule has 1 saturated heterocycles. The zero-order valence-corrected chi connectivity index (χ0v) is 13.4. The van der Waals surface area contributed by atoms with Crippen molar-refractivity contribution in [3.8, 4) is 5.75 Å². The van der Waals surface area contributed by atoms with E-state index in [1.54, 1.807) is 6.08 Å². The zero-order chi connectivity index (χ0) is 17.3. The smallest absolute Gasteiger partial charge is 0.339 e. The van der Waals surface area contributed by atoms with Gasteiger partial charge in [-0.05, 0) is 42.1 Å². The van der Waals surface area contributed by atoms with Crippen LogP contribution in [0.4, 0.5) is 5.69 Å². The molecule has 122 valence electrons. The number of thioether (sulfide) groups is 1. The molecule has 1 amide bonds. The van der Waals surface area contributed by atoms with Gasteiger partial charge in [-0.2, -0.15) is 0 Å². The van der Waals surface area contributed by atoms with E-state index >= 15 is 0 Å². The fourth-order valence-electron chi connectivity index (χ4n) is 2.13. The molecule has 0 spiro atoms.